The first-order valence-electron chi connectivity index (χ1n) is 7.71. The fraction of sp³-hybridized carbons (Fsp3) is 0.933. The molecule has 0 saturated carbocycles. The summed E-state index contributed by atoms with van der Waals surface area (Å²) in [5, 5.41) is 3.43. The molecule has 0 aliphatic carbocycles. The Morgan fingerprint density at radius 3 is 2.32 bits per heavy atom. The van der Waals surface area contributed by atoms with Crippen LogP contribution < -0.4 is 5.32 Å². The highest BCUT2D eigenvalue weighted by Gasteiger charge is 2.39. The zero-order valence-electron chi connectivity index (χ0n) is 13.4. The summed E-state index contributed by atoms with van der Waals surface area (Å²) in [7, 11) is 0. The number of amides is 1. The number of likely N-dealkylation sites (N-methyl/N-ethyl adjacent to an activating group) is 1. The predicted molar refractivity (Wildman–Crippen MR) is 79.9 cm³/mol. The predicted octanol–water partition coefficient (Wildman–Crippen LogP) is 1.91. The highest BCUT2D eigenvalue weighted by Crippen LogP contribution is 2.19. The fourth-order valence-corrected chi connectivity index (χ4v) is 3.00. The molecule has 1 rings (SSSR count). The minimum Gasteiger partial charge on any atom is -0.322 e. The van der Waals surface area contributed by atoms with Gasteiger partial charge in [-0.15, -0.1) is 0 Å². The van der Waals surface area contributed by atoms with E-state index in [-0.39, 0.29) is 24.2 Å². The van der Waals surface area contributed by atoms with E-state index in [1.807, 2.05) is 4.90 Å². The second kappa shape index (κ2) is 7.25. The summed E-state index contributed by atoms with van der Waals surface area (Å²) in [5.41, 5.74) is 0. The highest BCUT2D eigenvalue weighted by molar-refractivity contribution is 5.84. The van der Waals surface area contributed by atoms with Crippen LogP contribution in [0.4, 0.5) is 0 Å². The largest absolute Gasteiger partial charge is 0.322 e. The van der Waals surface area contributed by atoms with Crippen molar-refractivity contribution in [2.24, 2.45) is 5.92 Å². The van der Waals surface area contributed by atoms with Gasteiger partial charge in [-0.25, -0.2) is 0 Å². The molecular formula is C15H31N3O. The van der Waals surface area contributed by atoms with E-state index < -0.39 is 0 Å². The first-order chi connectivity index (χ1) is 8.90. The number of nitrogens with zero attached hydrogens (tertiary/aromatic N) is 2. The third kappa shape index (κ3) is 4.18. The highest BCUT2D eigenvalue weighted by atomic mass is 16.2. The molecule has 1 saturated heterocycles. The van der Waals surface area contributed by atoms with Gasteiger partial charge in [0.15, 0.2) is 0 Å². The van der Waals surface area contributed by atoms with Crippen LogP contribution in [0.5, 0.6) is 0 Å². The van der Waals surface area contributed by atoms with Gasteiger partial charge in [0.1, 0.15) is 0 Å². The molecule has 0 aromatic heterocycles. The van der Waals surface area contributed by atoms with E-state index in [0.29, 0.717) is 5.92 Å². The summed E-state index contributed by atoms with van der Waals surface area (Å²) in [4.78, 5) is 16.9. The van der Waals surface area contributed by atoms with Crippen molar-refractivity contribution in [1.82, 2.24) is 15.1 Å². The van der Waals surface area contributed by atoms with Gasteiger partial charge < -0.3 is 9.80 Å². The van der Waals surface area contributed by atoms with E-state index in [0.717, 1.165) is 26.1 Å². The molecule has 0 aromatic rings. The Balaban J connectivity index is 2.64. The van der Waals surface area contributed by atoms with Crippen LogP contribution in [-0.4, -0.2) is 53.6 Å². The monoisotopic (exact) mass is 269 g/mol. The first-order valence-corrected chi connectivity index (χ1v) is 7.71. The molecule has 1 N–H and O–H groups in total. The molecule has 0 aromatic carbocycles. The third-order valence-electron chi connectivity index (χ3n) is 4.01. The number of rotatable bonds is 7. The fourth-order valence-electron chi connectivity index (χ4n) is 3.00. The SMILES string of the molecule is CCN(CC)CC(C)N1C(=O)C(CC(C)C)NC1C. The summed E-state index contributed by atoms with van der Waals surface area (Å²) >= 11 is 0. The summed E-state index contributed by atoms with van der Waals surface area (Å²) in [5.74, 6) is 0.826. The van der Waals surface area contributed by atoms with Crippen LogP contribution >= 0.6 is 0 Å². The second-order valence-electron chi connectivity index (χ2n) is 6.11. The van der Waals surface area contributed by atoms with Gasteiger partial charge in [-0.05, 0) is 39.3 Å². The molecular weight excluding hydrogens is 238 g/mol. The van der Waals surface area contributed by atoms with Gasteiger partial charge in [0.2, 0.25) is 5.91 Å². The topological polar surface area (TPSA) is 35.6 Å². The Hall–Kier alpha value is -0.610. The Labute approximate surface area is 118 Å². The lowest BCUT2D eigenvalue weighted by Crippen LogP contribution is -2.47. The molecule has 19 heavy (non-hydrogen) atoms. The average molecular weight is 269 g/mol. The normalized spacial score (nSPS) is 25.7. The Morgan fingerprint density at radius 1 is 1.26 bits per heavy atom. The minimum atomic E-state index is 0.00848. The van der Waals surface area contributed by atoms with E-state index in [1.54, 1.807) is 0 Å². The van der Waals surface area contributed by atoms with Gasteiger partial charge in [0.25, 0.3) is 0 Å². The van der Waals surface area contributed by atoms with Gasteiger partial charge in [-0.1, -0.05) is 27.7 Å². The molecule has 1 heterocycles. The smallest absolute Gasteiger partial charge is 0.241 e. The van der Waals surface area contributed by atoms with Crippen LogP contribution in [0, 0.1) is 5.92 Å². The summed E-state index contributed by atoms with van der Waals surface area (Å²) in [6.07, 6.45) is 1.08. The number of hydrogen-bond donors (Lipinski definition) is 1. The van der Waals surface area contributed by atoms with Crippen molar-refractivity contribution in [3.63, 3.8) is 0 Å². The lowest BCUT2D eigenvalue weighted by atomic mass is 10.0. The zero-order chi connectivity index (χ0) is 14.6. The number of hydrogen-bond acceptors (Lipinski definition) is 3. The Kier molecular flexibility index (Phi) is 6.27. The second-order valence-corrected chi connectivity index (χ2v) is 6.11. The van der Waals surface area contributed by atoms with E-state index in [1.165, 1.54) is 0 Å². The van der Waals surface area contributed by atoms with Crippen LogP contribution in [0.3, 0.4) is 0 Å². The van der Waals surface area contributed by atoms with E-state index >= 15 is 0 Å². The average Bonchev–Trinajstić information content (AvgIpc) is 2.60. The zero-order valence-corrected chi connectivity index (χ0v) is 13.4. The van der Waals surface area contributed by atoms with Crippen molar-refractivity contribution in [2.75, 3.05) is 19.6 Å². The standard InChI is InChI=1S/C15H31N3O/c1-7-17(8-2)10-12(5)18-13(6)16-14(15(18)19)9-11(3)4/h11-14,16H,7-10H2,1-6H3. The summed E-state index contributed by atoms with van der Waals surface area (Å²) in [6.45, 7) is 16.0. The first kappa shape index (κ1) is 16.4. The van der Waals surface area contributed by atoms with E-state index in [9.17, 15) is 4.79 Å². The molecule has 1 aliphatic heterocycles. The van der Waals surface area contributed by atoms with E-state index in [4.69, 9.17) is 0 Å². The number of carbonyl (C=O) groups excluding carboxylic acids is 1. The van der Waals surface area contributed by atoms with Crippen molar-refractivity contribution < 1.29 is 4.79 Å². The molecule has 0 radical (unpaired) electrons. The molecule has 1 aliphatic rings. The number of nitrogens with one attached hydrogen (secondary N) is 1. The Bertz CT molecular complexity index is 289. The van der Waals surface area contributed by atoms with Crippen molar-refractivity contribution in [2.45, 2.75) is 66.2 Å². The van der Waals surface area contributed by atoms with Crippen molar-refractivity contribution in [3.8, 4) is 0 Å². The molecule has 3 atom stereocenters. The molecule has 4 heteroatoms. The Morgan fingerprint density at radius 2 is 1.84 bits per heavy atom. The van der Waals surface area contributed by atoms with Crippen LogP contribution in [-0.2, 0) is 4.79 Å². The molecule has 1 fully saturated rings. The molecule has 0 spiro atoms. The molecule has 112 valence electrons. The number of carbonyl (C=O) groups is 1. The lowest BCUT2D eigenvalue weighted by Gasteiger charge is -2.32. The quantitative estimate of drug-likeness (QED) is 0.767. The van der Waals surface area contributed by atoms with Gasteiger partial charge in [-0.3, -0.25) is 10.1 Å². The maximum atomic E-state index is 12.5. The van der Waals surface area contributed by atoms with Gasteiger partial charge in [0, 0.05) is 12.6 Å². The van der Waals surface area contributed by atoms with Gasteiger partial charge in [0.05, 0.1) is 12.2 Å². The maximum Gasteiger partial charge on any atom is 0.241 e. The lowest BCUT2D eigenvalue weighted by molar-refractivity contribution is -0.132. The van der Waals surface area contributed by atoms with Crippen molar-refractivity contribution in [1.29, 1.82) is 0 Å². The molecule has 3 unspecified atom stereocenters. The van der Waals surface area contributed by atoms with Crippen molar-refractivity contribution >= 4 is 5.91 Å². The summed E-state index contributed by atoms with van der Waals surface area (Å²) < 4.78 is 0. The van der Waals surface area contributed by atoms with Crippen LogP contribution in [0.25, 0.3) is 0 Å². The third-order valence-corrected chi connectivity index (χ3v) is 4.01. The van der Waals surface area contributed by atoms with E-state index in [2.05, 4.69) is 51.8 Å². The molecule has 4 nitrogen and oxygen atoms in total. The maximum absolute atomic E-state index is 12.5. The molecule has 0 bridgehead atoms. The van der Waals surface area contributed by atoms with Crippen LogP contribution in [0.2, 0.25) is 0 Å². The van der Waals surface area contributed by atoms with Crippen LogP contribution in [0.1, 0.15) is 48.0 Å². The van der Waals surface area contributed by atoms with Crippen molar-refractivity contribution in [3.05, 3.63) is 0 Å². The van der Waals surface area contributed by atoms with Gasteiger partial charge in [-0.2, -0.15) is 0 Å². The summed E-state index contributed by atoms with van der Waals surface area (Å²) in [6, 6.07) is 0.279. The minimum absolute atomic E-state index is 0.00848. The molecule has 1 amide bonds. The van der Waals surface area contributed by atoms with Gasteiger partial charge >= 0.3 is 0 Å². The van der Waals surface area contributed by atoms with Crippen LogP contribution in [0.15, 0.2) is 0 Å².